The lowest BCUT2D eigenvalue weighted by Gasteiger charge is -2.37. The van der Waals surface area contributed by atoms with Crippen molar-refractivity contribution in [2.24, 2.45) is 11.8 Å². The molecule has 0 bridgehead atoms. The van der Waals surface area contributed by atoms with E-state index in [2.05, 4.69) is 21.8 Å². The van der Waals surface area contributed by atoms with Crippen LogP contribution in [0.1, 0.15) is 32.6 Å². The maximum atomic E-state index is 14.3. The third-order valence-electron chi connectivity index (χ3n) is 5.70. The first-order chi connectivity index (χ1) is 12.6. The molecular formula is C20H25FN4O. The smallest absolute Gasteiger partial charge is 0.225 e. The van der Waals surface area contributed by atoms with Gasteiger partial charge in [-0.1, -0.05) is 13.0 Å². The lowest BCUT2D eigenvalue weighted by molar-refractivity contribution is -0.137. The Morgan fingerprint density at radius 1 is 1.15 bits per heavy atom. The number of hydrogen-bond donors (Lipinski definition) is 0. The Balaban J connectivity index is 1.47. The summed E-state index contributed by atoms with van der Waals surface area (Å²) in [6.45, 7) is 5.45. The number of likely N-dealkylation sites (tertiary alicyclic amines) is 1. The van der Waals surface area contributed by atoms with Crippen LogP contribution in [0.4, 0.5) is 10.2 Å². The minimum atomic E-state index is -0.293. The SMILES string of the molecule is C[C@@H]1CCCN(C(=O)C2CCN(c3ncnc4cccc(F)c34)CC2)C1. The Morgan fingerprint density at radius 3 is 2.73 bits per heavy atom. The van der Waals surface area contributed by atoms with E-state index in [-0.39, 0.29) is 11.7 Å². The zero-order valence-corrected chi connectivity index (χ0v) is 15.2. The molecule has 2 aliphatic rings. The normalized spacial score (nSPS) is 22.0. The molecule has 0 saturated carbocycles. The number of nitrogens with zero attached hydrogens (tertiary/aromatic N) is 4. The molecule has 0 aliphatic carbocycles. The number of rotatable bonds is 2. The Hall–Kier alpha value is -2.24. The molecule has 6 heteroatoms. The molecule has 1 aromatic heterocycles. The first kappa shape index (κ1) is 17.2. The topological polar surface area (TPSA) is 49.3 Å². The molecule has 2 aliphatic heterocycles. The van der Waals surface area contributed by atoms with Gasteiger partial charge in [-0.2, -0.15) is 0 Å². The number of hydrogen-bond acceptors (Lipinski definition) is 4. The van der Waals surface area contributed by atoms with Gasteiger partial charge in [0.25, 0.3) is 0 Å². The van der Waals surface area contributed by atoms with E-state index < -0.39 is 0 Å². The largest absolute Gasteiger partial charge is 0.356 e. The van der Waals surface area contributed by atoms with Gasteiger partial charge in [0.05, 0.1) is 10.9 Å². The van der Waals surface area contributed by atoms with Gasteiger partial charge in [-0.05, 0) is 43.7 Å². The predicted molar refractivity (Wildman–Crippen MR) is 99.4 cm³/mol. The van der Waals surface area contributed by atoms with E-state index in [4.69, 9.17) is 0 Å². The molecule has 26 heavy (non-hydrogen) atoms. The number of benzene rings is 1. The predicted octanol–water partition coefficient (Wildman–Crippen LogP) is 3.24. The lowest BCUT2D eigenvalue weighted by atomic mass is 9.92. The van der Waals surface area contributed by atoms with Crippen molar-refractivity contribution in [2.75, 3.05) is 31.1 Å². The number of halogens is 1. The fourth-order valence-corrected chi connectivity index (χ4v) is 4.28. The summed E-state index contributed by atoms with van der Waals surface area (Å²) >= 11 is 0. The summed E-state index contributed by atoms with van der Waals surface area (Å²) in [5.41, 5.74) is 0.621. The monoisotopic (exact) mass is 356 g/mol. The van der Waals surface area contributed by atoms with E-state index in [0.717, 1.165) is 45.4 Å². The van der Waals surface area contributed by atoms with Gasteiger partial charge in [-0.25, -0.2) is 14.4 Å². The minimum absolute atomic E-state index is 0.0782. The molecule has 1 amide bonds. The van der Waals surface area contributed by atoms with Gasteiger partial charge in [0.1, 0.15) is 18.0 Å². The molecule has 0 spiro atoms. The van der Waals surface area contributed by atoms with Crippen molar-refractivity contribution in [1.29, 1.82) is 0 Å². The van der Waals surface area contributed by atoms with Crippen molar-refractivity contribution < 1.29 is 9.18 Å². The van der Waals surface area contributed by atoms with E-state index in [1.54, 1.807) is 12.1 Å². The fraction of sp³-hybridized carbons (Fsp3) is 0.550. The van der Waals surface area contributed by atoms with Crippen molar-refractivity contribution in [2.45, 2.75) is 32.6 Å². The summed E-state index contributed by atoms with van der Waals surface area (Å²) in [7, 11) is 0. The molecule has 138 valence electrons. The lowest BCUT2D eigenvalue weighted by Crippen LogP contribution is -2.46. The molecule has 1 aromatic carbocycles. The first-order valence-corrected chi connectivity index (χ1v) is 9.56. The van der Waals surface area contributed by atoms with Crippen LogP contribution >= 0.6 is 0 Å². The summed E-state index contributed by atoms with van der Waals surface area (Å²) in [6.07, 6.45) is 5.41. The highest BCUT2D eigenvalue weighted by atomic mass is 19.1. The molecular weight excluding hydrogens is 331 g/mol. The number of fused-ring (bicyclic) bond motifs is 1. The van der Waals surface area contributed by atoms with E-state index >= 15 is 0 Å². The van der Waals surface area contributed by atoms with E-state index in [9.17, 15) is 9.18 Å². The third kappa shape index (κ3) is 3.24. The standard InChI is InChI=1S/C20H25FN4O/c1-14-4-3-9-25(12-14)20(26)15-7-10-24(11-8-15)19-18-16(21)5-2-6-17(18)22-13-23-19/h2,5-6,13-15H,3-4,7-12H2,1H3/t14-/m1/s1. The Morgan fingerprint density at radius 2 is 1.96 bits per heavy atom. The number of carbonyl (C=O) groups excluding carboxylic acids is 1. The van der Waals surface area contributed by atoms with Crippen LogP contribution in [-0.4, -0.2) is 47.0 Å². The first-order valence-electron chi connectivity index (χ1n) is 9.56. The highest BCUT2D eigenvalue weighted by molar-refractivity contribution is 5.90. The van der Waals surface area contributed by atoms with Gasteiger partial charge in [-0.3, -0.25) is 4.79 Å². The van der Waals surface area contributed by atoms with Crippen molar-refractivity contribution in [3.05, 3.63) is 30.3 Å². The number of carbonyl (C=O) groups is 1. The van der Waals surface area contributed by atoms with Gasteiger partial charge in [0.15, 0.2) is 0 Å². The molecule has 5 nitrogen and oxygen atoms in total. The van der Waals surface area contributed by atoms with Crippen LogP contribution in [0.15, 0.2) is 24.5 Å². The zero-order valence-electron chi connectivity index (χ0n) is 15.2. The van der Waals surface area contributed by atoms with Crippen molar-refractivity contribution >= 4 is 22.6 Å². The second-order valence-electron chi connectivity index (χ2n) is 7.62. The summed E-state index contributed by atoms with van der Waals surface area (Å²) < 4.78 is 14.3. The Labute approximate surface area is 153 Å². The van der Waals surface area contributed by atoms with Crippen LogP contribution in [0.2, 0.25) is 0 Å². The molecule has 1 atom stereocenters. The van der Waals surface area contributed by atoms with Crippen LogP contribution in [0.5, 0.6) is 0 Å². The second kappa shape index (κ2) is 7.17. The van der Waals surface area contributed by atoms with Gasteiger partial charge < -0.3 is 9.80 Å². The Kier molecular flexibility index (Phi) is 4.74. The highest BCUT2D eigenvalue weighted by Gasteiger charge is 2.31. The van der Waals surface area contributed by atoms with Crippen LogP contribution in [0, 0.1) is 17.7 Å². The maximum Gasteiger partial charge on any atom is 0.225 e. The van der Waals surface area contributed by atoms with Crippen molar-refractivity contribution in [3.8, 4) is 0 Å². The molecule has 2 fully saturated rings. The van der Waals surface area contributed by atoms with Crippen LogP contribution < -0.4 is 4.90 Å². The number of amides is 1. The second-order valence-corrected chi connectivity index (χ2v) is 7.62. The number of piperidine rings is 2. The fourth-order valence-electron chi connectivity index (χ4n) is 4.28. The van der Waals surface area contributed by atoms with Crippen LogP contribution in [-0.2, 0) is 4.79 Å². The van der Waals surface area contributed by atoms with Crippen molar-refractivity contribution in [1.82, 2.24) is 14.9 Å². The van der Waals surface area contributed by atoms with E-state index in [1.165, 1.54) is 18.8 Å². The molecule has 2 aromatic rings. The summed E-state index contributed by atoms with van der Waals surface area (Å²) in [5, 5.41) is 0.477. The highest BCUT2D eigenvalue weighted by Crippen LogP contribution is 2.30. The van der Waals surface area contributed by atoms with Gasteiger partial charge in [0.2, 0.25) is 5.91 Å². The zero-order chi connectivity index (χ0) is 18.1. The Bertz CT molecular complexity index is 798. The molecule has 0 N–H and O–H groups in total. The van der Waals surface area contributed by atoms with Crippen LogP contribution in [0.3, 0.4) is 0 Å². The third-order valence-corrected chi connectivity index (χ3v) is 5.70. The number of anilines is 1. The van der Waals surface area contributed by atoms with Gasteiger partial charge in [0, 0.05) is 32.1 Å². The quantitative estimate of drug-likeness (QED) is 0.829. The maximum absolute atomic E-state index is 14.3. The summed E-state index contributed by atoms with van der Waals surface area (Å²) in [5.74, 6) is 1.33. The molecule has 4 rings (SSSR count). The molecule has 0 radical (unpaired) electrons. The summed E-state index contributed by atoms with van der Waals surface area (Å²) in [4.78, 5) is 25.5. The van der Waals surface area contributed by atoms with Gasteiger partial charge in [-0.15, -0.1) is 0 Å². The average molecular weight is 356 g/mol. The molecule has 3 heterocycles. The molecule has 2 saturated heterocycles. The van der Waals surface area contributed by atoms with Crippen molar-refractivity contribution in [3.63, 3.8) is 0 Å². The van der Waals surface area contributed by atoms with Crippen LogP contribution in [0.25, 0.3) is 10.9 Å². The molecule has 0 unspecified atom stereocenters. The van der Waals surface area contributed by atoms with E-state index in [1.807, 2.05) is 4.90 Å². The van der Waals surface area contributed by atoms with E-state index in [0.29, 0.717) is 28.5 Å². The summed E-state index contributed by atoms with van der Waals surface area (Å²) in [6, 6.07) is 4.92. The minimum Gasteiger partial charge on any atom is -0.356 e. The average Bonchev–Trinajstić information content (AvgIpc) is 2.67. The van der Waals surface area contributed by atoms with Gasteiger partial charge >= 0.3 is 0 Å². The number of aromatic nitrogens is 2.